The second-order valence-electron chi connectivity index (χ2n) is 15.3. The molecule has 260 valence electrons. The van der Waals surface area contributed by atoms with E-state index in [0.29, 0.717) is 17.7 Å². The van der Waals surface area contributed by atoms with Crippen LogP contribution in [0.5, 0.6) is 0 Å². The van der Waals surface area contributed by atoms with Crippen molar-refractivity contribution in [1.82, 2.24) is 0 Å². The van der Waals surface area contributed by atoms with Gasteiger partial charge in [0, 0.05) is 53.5 Å². The summed E-state index contributed by atoms with van der Waals surface area (Å²) in [4.78, 5) is 4.87. The van der Waals surface area contributed by atoms with Gasteiger partial charge in [0.05, 0.1) is 19.8 Å². The molecular weight excluding hydrogens is 691 g/mol. The van der Waals surface area contributed by atoms with Gasteiger partial charge < -0.3 is 18.6 Å². The lowest BCUT2D eigenvalue weighted by Gasteiger charge is -2.43. The maximum Gasteiger partial charge on any atom is 0.264 e. The second-order valence-corrected chi connectivity index (χ2v) is 16.4. The van der Waals surface area contributed by atoms with Crippen LogP contribution in [0.4, 0.5) is 34.1 Å². The minimum Gasteiger partial charge on any atom is -0.454 e. The summed E-state index contributed by atoms with van der Waals surface area (Å²) in [6.07, 6.45) is 4.57. The first-order valence-corrected chi connectivity index (χ1v) is 20.1. The molecule has 3 aromatic heterocycles. The molecule has 0 atom stereocenters. The number of thiophene rings is 1. The van der Waals surface area contributed by atoms with E-state index in [1.807, 2.05) is 59.9 Å². The van der Waals surface area contributed by atoms with Crippen LogP contribution in [0.3, 0.4) is 0 Å². The monoisotopic (exact) mass is 726 g/mol. The zero-order valence-electron chi connectivity index (χ0n) is 32.1. The molecule has 7 aromatic carbocycles. The summed E-state index contributed by atoms with van der Waals surface area (Å²) in [6.45, 7) is 2.17. The number of rotatable bonds is 2. The summed E-state index contributed by atoms with van der Waals surface area (Å²) in [7, 11) is 0. The molecule has 0 fully saturated rings. The Balaban J connectivity index is 1.18. The Morgan fingerprint density at radius 1 is 0.618 bits per heavy atom. The van der Waals surface area contributed by atoms with Gasteiger partial charge in [0.15, 0.2) is 11.2 Å². The second kappa shape index (κ2) is 10.9. The molecule has 0 radical (unpaired) electrons. The molecule has 4 nitrogen and oxygen atoms in total. The summed E-state index contributed by atoms with van der Waals surface area (Å²) in [6, 6.07) is 43.4. The average molecular weight is 727 g/mol. The fourth-order valence-corrected chi connectivity index (χ4v) is 11.4. The van der Waals surface area contributed by atoms with Crippen LogP contribution >= 0.6 is 11.3 Å². The molecule has 6 heteroatoms. The highest BCUT2D eigenvalue weighted by Crippen LogP contribution is 2.52. The molecule has 0 spiro atoms. The molecule has 13 rings (SSSR count). The highest BCUT2D eigenvalue weighted by molar-refractivity contribution is 7.33. The van der Waals surface area contributed by atoms with Crippen molar-refractivity contribution >= 4 is 122 Å². The average Bonchev–Trinajstić information content (AvgIpc) is 3.95. The number of para-hydroxylation sites is 5. The van der Waals surface area contributed by atoms with Gasteiger partial charge in [-0.3, -0.25) is 0 Å². The van der Waals surface area contributed by atoms with Gasteiger partial charge >= 0.3 is 0 Å². The van der Waals surface area contributed by atoms with E-state index in [4.69, 9.17) is 11.6 Å². The first-order chi connectivity index (χ1) is 28.0. The normalized spacial score (nSPS) is 15.1. The predicted molar refractivity (Wildman–Crippen MR) is 232 cm³/mol. The van der Waals surface area contributed by atoms with Crippen molar-refractivity contribution in [3.63, 3.8) is 0 Å². The maximum atomic E-state index is 9.15. The summed E-state index contributed by atoms with van der Waals surface area (Å²) in [5.41, 5.74) is 16.0. The third kappa shape index (κ3) is 3.97. The van der Waals surface area contributed by atoms with Crippen molar-refractivity contribution in [3.8, 4) is 0 Å². The third-order valence-electron chi connectivity index (χ3n) is 12.3. The van der Waals surface area contributed by atoms with Crippen LogP contribution in [0, 0.1) is 6.92 Å². The molecule has 0 bridgehead atoms. The zero-order valence-corrected chi connectivity index (χ0v) is 30.9. The van der Waals surface area contributed by atoms with Crippen molar-refractivity contribution in [2.75, 3.05) is 9.80 Å². The number of aryl methyl sites for hydroxylation is 3. The molecule has 0 saturated heterocycles. The summed E-state index contributed by atoms with van der Waals surface area (Å²) in [5.74, 6) is 0. The summed E-state index contributed by atoms with van der Waals surface area (Å²) >= 11 is 1.92. The highest BCUT2D eigenvalue weighted by Gasteiger charge is 2.46. The molecular formula is C49H33BN2O2S. The SMILES string of the molecule is [2H]c1ccc(N2c3ccccc3B3c4sc5ccc6c(c5c4N(c4ccc([2H])c5c4oc4ccccc45)c4cc(C)cc2c43)CCCC6)c2oc3ccccc3c12. The van der Waals surface area contributed by atoms with E-state index in [2.05, 4.69) is 89.5 Å². The molecule has 10 aromatic rings. The highest BCUT2D eigenvalue weighted by atomic mass is 32.1. The molecule has 3 aliphatic rings. The Kier molecular flexibility index (Phi) is 5.61. The fraction of sp³-hybridized carbons (Fsp3) is 0.102. The molecule has 0 amide bonds. The zero-order chi connectivity index (χ0) is 37.7. The van der Waals surface area contributed by atoms with Crippen LogP contribution in [0.15, 0.2) is 142 Å². The first-order valence-electron chi connectivity index (χ1n) is 20.3. The van der Waals surface area contributed by atoms with Gasteiger partial charge in [-0.15, -0.1) is 11.3 Å². The lowest BCUT2D eigenvalue weighted by Crippen LogP contribution is -2.60. The largest absolute Gasteiger partial charge is 0.454 e. The van der Waals surface area contributed by atoms with Crippen molar-refractivity contribution in [1.29, 1.82) is 0 Å². The van der Waals surface area contributed by atoms with E-state index in [1.54, 1.807) is 0 Å². The summed E-state index contributed by atoms with van der Waals surface area (Å²) < 4.78 is 34.3. The molecule has 0 saturated carbocycles. The predicted octanol–water partition coefficient (Wildman–Crippen LogP) is 12.0. The minimum absolute atomic E-state index is 0.0193. The number of hydrogen-bond donors (Lipinski definition) is 0. The molecule has 2 aliphatic heterocycles. The molecule has 0 N–H and O–H groups in total. The van der Waals surface area contributed by atoms with Crippen LogP contribution in [0.2, 0.25) is 0 Å². The van der Waals surface area contributed by atoms with Crippen LogP contribution in [-0.2, 0) is 12.8 Å². The van der Waals surface area contributed by atoms with Crippen LogP contribution in [0.1, 0.15) is 32.3 Å². The molecule has 5 heterocycles. The molecule has 55 heavy (non-hydrogen) atoms. The Labute approximate surface area is 324 Å². The molecule has 0 unspecified atom stereocenters. The molecule has 1 aliphatic carbocycles. The smallest absolute Gasteiger partial charge is 0.264 e. The van der Waals surface area contributed by atoms with Crippen LogP contribution in [-0.4, -0.2) is 6.71 Å². The topological polar surface area (TPSA) is 32.8 Å². The Morgan fingerprint density at radius 2 is 1.24 bits per heavy atom. The summed E-state index contributed by atoms with van der Waals surface area (Å²) in [5, 5.41) is 4.93. The Morgan fingerprint density at radius 3 is 1.98 bits per heavy atom. The Bertz CT molecular complexity index is 3400. The lowest BCUT2D eigenvalue weighted by atomic mass is 9.36. The number of nitrogens with zero attached hydrogens (tertiary/aromatic N) is 2. The number of benzene rings is 7. The van der Waals surface area contributed by atoms with Crippen LogP contribution < -0.4 is 25.5 Å². The fourth-order valence-electron chi connectivity index (χ4n) is 10.1. The van der Waals surface area contributed by atoms with E-state index in [1.165, 1.54) is 55.4 Å². The standard InChI is InChI=1S/C49H33BN2O2S/c1-28-26-39-45-40(27-28)52(38-21-11-17-34-32-15-5-9-23-42(32)54-48(34)38)46-44-30-13-3-2-12-29(30)24-25-43(44)55-49(46)50(45)35-18-6-7-19-36(35)51(39)37-20-10-16-33-31-14-4-8-22-41(31)53-47(33)37/h4-11,14-27H,2-3,12-13H2,1H3/i16D,17D. The van der Waals surface area contributed by atoms with Crippen LogP contribution in [0.25, 0.3) is 54.0 Å². The van der Waals surface area contributed by atoms with Gasteiger partial charge in [-0.2, -0.15) is 0 Å². The van der Waals surface area contributed by atoms with E-state index >= 15 is 0 Å². The van der Waals surface area contributed by atoms with Gasteiger partial charge in [0.25, 0.3) is 6.71 Å². The van der Waals surface area contributed by atoms with E-state index in [9.17, 15) is 0 Å². The van der Waals surface area contributed by atoms with E-state index in [-0.39, 0.29) is 6.71 Å². The van der Waals surface area contributed by atoms with E-state index < -0.39 is 0 Å². The van der Waals surface area contributed by atoms with Gasteiger partial charge in [-0.05, 0) is 109 Å². The number of hydrogen-bond acceptors (Lipinski definition) is 5. The van der Waals surface area contributed by atoms with Crippen molar-refractivity contribution in [2.45, 2.75) is 32.6 Å². The lowest BCUT2D eigenvalue weighted by molar-refractivity contribution is 0.669. The number of anilines is 6. The maximum absolute atomic E-state index is 9.15. The van der Waals surface area contributed by atoms with Gasteiger partial charge in [-0.25, -0.2) is 0 Å². The van der Waals surface area contributed by atoms with Gasteiger partial charge in [-0.1, -0.05) is 84.9 Å². The van der Waals surface area contributed by atoms with Gasteiger partial charge in [0.1, 0.15) is 11.2 Å². The van der Waals surface area contributed by atoms with Crippen molar-refractivity contribution < 1.29 is 11.6 Å². The number of fused-ring (bicyclic) bond motifs is 14. The van der Waals surface area contributed by atoms with Crippen molar-refractivity contribution in [3.05, 3.63) is 150 Å². The third-order valence-corrected chi connectivity index (χ3v) is 13.5. The number of furan rings is 2. The first kappa shape index (κ1) is 28.2. The van der Waals surface area contributed by atoms with Crippen molar-refractivity contribution in [2.24, 2.45) is 0 Å². The quantitative estimate of drug-likeness (QED) is 0.166. The van der Waals surface area contributed by atoms with Gasteiger partial charge in [0.2, 0.25) is 0 Å². The van der Waals surface area contributed by atoms with E-state index in [0.717, 1.165) is 85.1 Å². The Hall–Kier alpha value is -6.24. The minimum atomic E-state index is -0.0193.